The number of rotatable bonds is 20. The predicted octanol–water partition coefficient (Wildman–Crippen LogP) is 5.06. The van der Waals surface area contributed by atoms with Crippen LogP contribution in [0.2, 0.25) is 0 Å². The Labute approximate surface area is 168 Å². The van der Waals surface area contributed by atoms with Crippen LogP contribution < -0.4 is 5.32 Å². The Hall–Kier alpha value is -0.870. The van der Waals surface area contributed by atoms with Gasteiger partial charge >= 0.3 is 0 Å². The van der Waals surface area contributed by atoms with Crippen LogP contribution in [0.4, 0.5) is 0 Å². The second-order valence-corrected chi connectivity index (χ2v) is 7.71. The lowest BCUT2D eigenvalue weighted by molar-refractivity contribution is -0.121. The van der Waals surface area contributed by atoms with Gasteiger partial charge in [0.15, 0.2) is 0 Å². The van der Waals surface area contributed by atoms with Gasteiger partial charge in [-0.3, -0.25) is 4.79 Å². The third-order valence-electron chi connectivity index (χ3n) is 4.96. The molecule has 4 heteroatoms. The molecule has 0 saturated carbocycles. The smallest absolute Gasteiger partial charge is 0.220 e. The number of hydrogen-bond donors (Lipinski definition) is 2. The van der Waals surface area contributed by atoms with E-state index in [4.69, 9.17) is 5.11 Å². The summed E-state index contributed by atoms with van der Waals surface area (Å²) in [5.41, 5.74) is 0. The topological polar surface area (TPSA) is 52.6 Å². The van der Waals surface area contributed by atoms with Crippen LogP contribution in [0.5, 0.6) is 0 Å². The fraction of sp³-hybridized carbons (Fsp3) is 0.870. The zero-order valence-corrected chi connectivity index (χ0v) is 18.2. The standard InChI is InChI=1S/C23H46N2O2/c1-3-4-5-6-7-8-9-10-11-12-13-14-15-16-17-18-23(27)24-19-20-25(2)21-22-26/h10-11,26H,3-9,12-22H2,1-2H3,(H,24,27). The largest absolute Gasteiger partial charge is 0.395 e. The lowest BCUT2D eigenvalue weighted by Gasteiger charge is -2.15. The fourth-order valence-corrected chi connectivity index (χ4v) is 3.11. The van der Waals surface area contributed by atoms with E-state index in [1.807, 2.05) is 11.9 Å². The molecule has 0 radical (unpaired) electrons. The van der Waals surface area contributed by atoms with E-state index in [1.54, 1.807) is 0 Å². The number of likely N-dealkylation sites (N-methyl/N-ethyl adjacent to an activating group) is 1. The lowest BCUT2D eigenvalue weighted by Crippen LogP contribution is -2.34. The highest BCUT2D eigenvalue weighted by Gasteiger charge is 2.02. The Morgan fingerprint density at radius 3 is 2.00 bits per heavy atom. The average Bonchev–Trinajstić information content (AvgIpc) is 2.65. The molecule has 0 fully saturated rings. The van der Waals surface area contributed by atoms with Gasteiger partial charge in [0.25, 0.3) is 0 Å². The summed E-state index contributed by atoms with van der Waals surface area (Å²) < 4.78 is 0. The van der Waals surface area contributed by atoms with Crippen molar-refractivity contribution in [1.82, 2.24) is 10.2 Å². The van der Waals surface area contributed by atoms with E-state index in [2.05, 4.69) is 24.4 Å². The molecule has 0 aromatic carbocycles. The second-order valence-electron chi connectivity index (χ2n) is 7.71. The number of allylic oxidation sites excluding steroid dienone is 2. The number of hydrogen-bond acceptors (Lipinski definition) is 3. The first-order valence-electron chi connectivity index (χ1n) is 11.4. The maximum Gasteiger partial charge on any atom is 0.220 e. The van der Waals surface area contributed by atoms with Crippen molar-refractivity contribution in [3.05, 3.63) is 12.2 Å². The number of amides is 1. The highest BCUT2D eigenvalue weighted by atomic mass is 16.3. The third kappa shape index (κ3) is 21.3. The molecule has 0 aromatic rings. The highest BCUT2D eigenvalue weighted by Crippen LogP contribution is 2.09. The molecule has 0 aliphatic rings. The Morgan fingerprint density at radius 2 is 1.41 bits per heavy atom. The van der Waals surface area contributed by atoms with Crippen LogP contribution in [-0.2, 0) is 4.79 Å². The number of aliphatic hydroxyl groups excluding tert-OH is 1. The minimum atomic E-state index is 0.157. The van der Waals surface area contributed by atoms with Crippen molar-refractivity contribution in [2.24, 2.45) is 0 Å². The molecule has 0 aromatic heterocycles. The van der Waals surface area contributed by atoms with Crippen LogP contribution >= 0.6 is 0 Å². The van der Waals surface area contributed by atoms with Crippen LogP contribution in [0, 0.1) is 0 Å². The highest BCUT2D eigenvalue weighted by molar-refractivity contribution is 5.75. The molecule has 0 bridgehead atoms. The first-order chi connectivity index (χ1) is 13.2. The monoisotopic (exact) mass is 382 g/mol. The molecular weight excluding hydrogens is 336 g/mol. The van der Waals surface area contributed by atoms with E-state index >= 15 is 0 Å². The molecule has 0 heterocycles. The number of nitrogens with one attached hydrogen (secondary N) is 1. The van der Waals surface area contributed by atoms with E-state index in [-0.39, 0.29) is 12.5 Å². The first kappa shape index (κ1) is 26.1. The fourth-order valence-electron chi connectivity index (χ4n) is 3.11. The number of carbonyl (C=O) groups is 1. The molecule has 4 nitrogen and oxygen atoms in total. The zero-order chi connectivity index (χ0) is 20.0. The summed E-state index contributed by atoms with van der Waals surface area (Å²) in [4.78, 5) is 13.7. The molecule has 0 aliphatic heterocycles. The minimum absolute atomic E-state index is 0.157. The van der Waals surface area contributed by atoms with Gasteiger partial charge in [-0.05, 0) is 39.2 Å². The lowest BCUT2D eigenvalue weighted by atomic mass is 10.1. The molecule has 160 valence electrons. The van der Waals surface area contributed by atoms with Crippen molar-refractivity contribution in [3.63, 3.8) is 0 Å². The van der Waals surface area contributed by atoms with E-state index < -0.39 is 0 Å². The van der Waals surface area contributed by atoms with Gasteiger partial charge in [0, 0.05) is 26.1 Å². The van der Waals surface area contributed by atoms with Gasteiger partial charge in [0.1, 0.15) is 0 Å². The van der Waals surface area contributed by atoms with Gasteiger partial charge in [-0.2, -0.15) is 0 Å². The summed E-state index contributed by atoms with van der Waals surface area (Å²) in [5.74, 6) is 0.157. The van der Waals surface area contributed by atoms with E-state index in [0.29, 0.717) is 19.5 Å². The van der Waals surface area contributed by atoms with Gasteiger partial charge in [0.2, 0.25) is 5.91 Å². The minimum Gasteiger partial charge on any atom is -0.395 e. The molecule has 0 spiro atoms. The van der Waals surface area contributed by atoms with Crippen LogP contribution in [0.25, 0.3) is 0 Å². The number of nitrogens with zero attached hydrogens (tertiary/aromatic N) is 1. The maximum atomic E-state index is 11.7. The summed E-state index contributed by atoms with van der Waals surface area (Å²) in [5, 5.41) is 11.8. The molecule has 0 saturated heterocycles. The van der Waals surface area contributed by atoms with Crippen LogP contribution in [0.1, 0.15) is 96.8 Å². The molecule has 0 rings (SSSR count). The van der Waals surface area contributed by atoms with E-state index in [1.165, 1.54) is 70.6 Å². The second kappa shape index (κ2) is 21.4. The molecular formula is C23H46N2O2. The van der Waals surface area contributed by atoms with Crippen molar-refractivity contribution in [2.45, 2.75) is 96.8 Å². The van der Waals surface area contributed by atoms with Gasteiger partial charge in [-0.1, -0.05) is 70.4 Å². The first-order valence-corrected chi connectivity index (χ1v) is 11.4. The van der Waals surface area contributed by atoms with Crippen LogP contribution in [0.3, 0.4) is 0 Å². The van der Waals surface area contributed by atoms with Crippen molar-refractivity contribution in [1.29, 1.82) is 0 Å². The summed E-state index contributed by atoms with van der Waals surface area (Å²) in [6.07, 6.45) is 22.0. The van der Waals surface area contributed by atoms with E-state index in [9.17, 15) is 4.79 Å². The Kier molecular flexibility index (Phi) is 20.7. The number of carbonyl (C=O) groups excluding carboxylic acids is 1. The number of unbranched alkanes of at least 4 members (excludes halogenated alkanes) is 11. The van der Waals surface area contributed by atoms with Crippen LogP contribution in [0.15, 0.2) is 12.2 Å². The SMILES string of the molecule is CCCCCCCCC=CCCCCCCCC(=O)NCCN(C)CCO. The third-order valence-corrected chi connectivity index (χ3v) is 4.96. The zero-order valence-electron chi connectivity index (χ0n) is 18.2. The van der Waals surface area contributed by atoms with Crippen LogP contribution in [-0.4, -0.2) is 49.2 Å². The summed E-state index contributed by atoms with van der Waals surface area (Å²) >= 11 is 0. The average molecular weight is 383 g/mol. The van der Waals surface area contributed by atoms with Gasteiger partial charge in [-0.25, -0.2) is 0 Å². The summed E-state index contributed by atoms with van der Waals surface area (Å²) in [6, 6.07) is 0. The summed E-state index contributed by atoms with van der Waals surface area (Å²) in [6.45, 7) is 4.55. The van der Waals surface area contributed by atoms with Crippen molar-refractivity contribution >= 4 is 5.91 Å². The van der Waals surface area contributed by atoms with E-state index in [0.717, 1.165) is 19.4 Å². The van der Waals surface area contributed by atoms with Crippen molar-refractivity contribution in [2.75, 3.05) is 33.3 Å². The Bertz CT molecular complexity index is 345. The van der Waals surface area contributed by atoms with Gasteiger partial charge in [0.05, 0.1) is 6.61 Å². The van der Waals surface area contributed by atoms with Crippen molar-refractivity contribution < 1.29 is 9.90 Å². The quantitative estimate of drug-likeness (QED) is 0.228. The summed E-state index contributed by atoms with van der Waals surface area (Å²) in [7, 11) is 1.95. The number of aliphatic hydroxyl groups is 1. The molecule has 0 unspecified atom stereocenters. The van der Waals surface area contributed by atoms with Crippen molar-refractivity contribution in [3.8, 4) is 0 Å². The molecule has 0 aliphatic carbocycles. The van der Waals surface area contributed by atoms with Gasteiger partial charge in [-0.15, -0.1) is 0 Å². The molecule has 2 N–H and O–H groups in total. The molecule has 27 heavy (non-hydrogen) atoms. The Balaban J connectivity index is 3.25. The van der Waals surface area contributed by atoms with Gasteiger partial charge < -0.3 is 15.3 Å². The normalized spacial score (nSPS) is 11.6. The molecule has 0 atom stereocenters. The maximum absolute atomic E-state index is 11.7. The predicted molar refractivity (Wildman–Crippen MR) is 117 cm³/mol. The Morgan fingerprint density at radius 1 is 0.852 bits per heavy atom. The molecule has 1 amide bonds.